The molecule has 3 aromatic rings. The van der Waals surface area contributed by atoms with Crippen molar-refractivity contribution in [1.82, 2.24) is 24.6 Å². The molecular weight excluding hydrogens is 296 g/mol. The van der Waals surface area contributed by atoms with Crippen LogP contribution in [0.1, 0.15) is 43.6 Å². The Morgan fingerprint density at radius 2 is 2.26 bits per heavy atom. The van der Waals surface area contributed by atoms with E-state index < -0.39 is 5.60 Å². The van der Waals surface area contributed by atoms with Crippen LogP contribution in [0.3, 0.4) is 0 Å². The number of aromatic nitrogens is 5. The van der Waals surface area contributed by atoms with E-state index in [0.29, 0.717) is 29.5 Å². The molecule has 0 bridgehead atoms. The highest BCUT2D eigenvalue weighted by Gasteiger charge is 2.36. The first kappa shape index (κ1) is 14.1. The van der Waals surface area contributed by atoms with Crippen LogP contribution in [0.2, 0.25) is 0 Å². The third-order valence-corrected chi connectivity index (χ3v) is 4.46. The van der Waals surface area contributed by atoms with E-state index in [9.17, 15) is 5.11 Å². The van der Waals surface area contributed by atoms with Crippen molar-refractivity contribution in [3.05, 3.63) is 24.0 Å². The zero-order chi connectivity index (χ0) is 16.2. The fourth-order valence-corrected chi connectivity index (χ4v) is 3.24. The third kappa shape index (κ3) is 2.26. The molecule has 3 N–H and O–H groups in total. The first-order valence-corrected chi connectivity index (χ1v) is 7.59. The Morgan fingerprint density at radius 1 is 1.43 bits per heavy atom. The molecule has 1 saturated carbocycles. The summed E-state index contributed by atoms with van der Waals surface area (Å²) in [5.41, 5.74) is 7.24. The highest BCUT2D eigenvalue weighted by molar-refractivity contribution is 5.66. The maximum absolute atomic E-state index is 10.2. The van der Waals surface area contributed by atoms with Gasteiger partial charge < -0.3 is 15.3 Å². The molecule has 0 saturated heterocycles. The lowest BCUT2D eigenvalue weighted by molar-refractivity contribution is 0.0662. The van der Waals surface area contributed by atoms with Gasteiger partial charge in [0.1, 0.15) is 12.0 Å². The van der Waals surface area contributed by atoms with E-state index in [1.807, 2.05) is 13.8 Å². The van der Waals surface area contributed by atoms with Gasteiger partial charge in [0.25, 0.3) is 0 Å². The molecule has 1 aliphatic carbocycles. The number of oxazole rings is 1. The molecule has 4 rings (SSSR count). The Kier molecular flexibility index (Phi) is 2.92. The summed E-state index contributed by atoms with van der Waals surface area (Å²) in [5.74, 6) is 1.52. The topological polar surface area (TPSA) is 115 Å². The van der Waals surface area contributed by atoms with Crippen LogP contribution in [0, 0.1) is 6.92 Å². The number of nitrogens with two attached hydrogens (primary N) is 1. The van der Waals surface area contributed by atoms with Gasteiger partial charge >= 0.3 is 0 Å². The summed E-state index contributed by atoms with van der Waals surface area (Å²) in [6, 6.07) is 0. The number of aryl methyl sites for hydroxylation is 1. The minimum absolute atomic E-state index is 0.133. The standard InChI is InChI=1S/C15H18N6O2/c1-8-10(14-17-5-6-23-14)18-11(16)13-19-12(20-21(8)13)9-3-4-15(2,22)7-9/h5-6,9,22H,3-4,7H2,1-2H3,(H2,16,18)/t9-,15-/m0/s1. The highest BCUT2D eigenvalue weighted by Crippen LogP contribution is 2.39. The molecule has 0 spiro atoms. The number of hydrogen-bond donors (Lipinski definition) is 2. The van der Waals surface area contributed by atoms with Crippen LogP contribution >= 0.6 is 0 Å². The average molecular weight is 314 g/mol. The molecule has 2 atom stereocenters. The summed E-state index contributed by atoms with van der Waals surface area (Å²) in [4.78, 5) is 13.0. The maximum atomic E-state index is 10.2. The highest BCUT2D eigenvalue weighted by atomic mass is 16.3. The summed E-state index contributed by atoms with van der Waals surface area (Å²) in [6.07, 6.45) is 5.32. The van der Waals surface area contributed by atoms with E-state index >= 15 is 0 Å². The van der Waals surface area contributed by atoms with Crippen molar-refractivity contribution >= 4 is 11.5 Å². The van der Waals surface area contributed by atoms with E-state index in [1.165, 1.54) is 6.26 Å². The Balaban J connectivity index is 1.83. The Morgan fingerprint density at radius 3 is 2.91 bits per heavy atom. The van der Waals surface area contributed by atoms with Crippen molar-refractivity contribution in [3.8, 4) is 11.6 Å². The van der Waals surface area contributed by atoms with Crippen molar-refractivity contribution in [2.75, 3.05) is 5.73 Å². The Bertz CT molecular complexity index is 868. The summed E-state index contributed by atoms with van der Waals surface area (Å²) >= 11 is 0. The van der Waals surface area contributed by atoms with Crippen molar-refractivity contribution in [2.24, 2.45) is 0 Å². The van der Waals surface area contributed by atoms with Gasteiger partial charge in [-0.3, -0.25) is 0 Å². The molecular formula is C15H18N6O2. The smallest absolute Gasteiger partial charge is 0.246 e. The number of aliphatic hydroxyl groups is 1. The molecule has 8 nitrogen and oxygen atoms in total. The fourth-order valence-electron chi connectivity index (χ4n) is 3.24. The van der Waals surface area contributed by atoms with Gasteiger partial charge in [0.15, 0.2) is 17.3 Å². The molecule has 0 radical (unpaired) electrons. The number of anilines is 1. The number of fused-ring (bicyclic) bond motifs is 1. The Hall–Kier alpha value is -2.48. The molecule has 0 unspecified atom stereocenters. The zero-order valence-electron chi connectivity index (χ0n) is 13.0. The monoisotopic (exact) mass is 314 g/mol. The summed E-state index contributed by atoms with van der Waals surface area (Å²) in [7, 11) is 0. The van der Waals surface area contributed by atoms with Gasteiger partial charge in [0, 0.05) is 5.92 Å². The molecule has 3 heterocycles. The SMILES string of the molecule is Cc1c(-c2ncco2)nc(N)c2nc([C@H]3CC[C@](C)(O)C3)nn12. The number of nitrogen functional groups attached to an aromatic ring is 1. The second kappa shape index (κ2) is 4.76. The first-order chi connectivity index (χ1) is 10.9. The molecule has 0 amide bonds. The minimum Gasteiger partial charge on any atom is -0.443 e. The third-order valence-electron chi connectivity index (χ3n) is 4.46. The molecule has 1 aliphatic rings. The predicted molar refractivity (Wildman–Crippen MR) is 82.6 cm³/mol. The van der Waals surface area contributed by atoms with E-state index in [2.05, 4.69) is 20.1 Å². The van der Waals surface area contributed by atoms with Gasteiger partial charge in [-0.05, 0) is 33.1 Å². The van der Waals surface area contributed by atoms with Gasteiger partial charge in [-0.2, -0.15) is 5.10 Å². The second-order valence-electron chi connectivity index (χ2n) is 6.41. The van der Waals surface area contributed by atoms with Gasteiger partial charge in [-0.15, -0.1) is 0 Å². The van der Waals surface area contributed by atoms with Crippen molar-refractivity contribution in [2.45, 2.75) is 44.6 Å². The normalized spacial score (nSPS) is 24.6. The number of hydrogen-bond acceptors (Lipinski definition) is 7. The summed E-state index contributed by atoms with van der Waals surface area (Å²) in [6.45, 7) is 3.73. The molecule has 1 fully saturated rings. The largest absolute Gasteiger partial charge is 0.443 e. The molecule has 0 aromatic carbocycles. The lowest BCUT2D eigenvalue weighted by atomic mass is 10.0. The van der Waals surface area contributed by atoms with Gasteiger partial charge in [-0.25, -0.2) is 19.5 Å². The van der Waals surface area contributed by atoms with Crippen LogP contribution in [0.25, 0.3) is 17.2 Å². The maximum Gasteiger partial charge on any atom is 0.246 e. The first-order valence-electron chi connectivity index (χ1n) is 7.59. The van der Waals surface area contributed by atoms with Crippen LogP contribution in [0.5, 0.6) is 0 Å². The zero-order valence-corrected chi connectivity index (χ0v) is 13.0. The molecule has 3 aromatic heterocycles. The van der Waals surface area contributed by atoms with Gasteiger partial charge in [0.05, 0.1) is 17.5 Å². The average Bonchev–Trinajstić information content (AvgIpc) is 3.21. The lowest BCUT2D eigenvalue weighted by Crippen LogP contribution is -2.18. The molecule has 8 heteroatoms. The Labute approximate surface area is 132 Å². The summed E-state index contributed by atoms with van der Waals surface area (Å²) < 4.78 is 7.00. The quantitative estimate of drug-likeness (QED) is 0.739. The van der Waals surface area contributed by atoms with Crippen molar-refractivity contribution in [3.63, 3.8) is 0 Å². The van der Waals surface area contributed by atoms with Crippen molar-refractivity contribution in [1.29, 1.82) is 0 Å². The van der Waals surface area contributed by atoms with E-state index in [0.717, 1.165) is 18.5 Å². The lowest BCUT2D eigenvalue weighted by Gasteiger charge is -2.14. The van der Waals surface area contributed by atoms with E-state index in [1.54, 1.807) is 10.7 Å². The molecule has 0 aliphatic heterocycles. The van der Waals surface area contributed by atoms with E-state index in [4.69, 9.17) is 10.2 Å². The van der Waals surface area contributed by atoms with Crippen LogP contribution in [0.15, 0.2) is 16.9 Å². The van der Waals surface area contributed by atoms with Gasteiger partial charge in [0.2, 0.25) is 5.89 Å². The number of rotatable bonds is 2. The summed E-state index contributed by atoms with van der Waals surface area (Å²) in [5, 5.41) is 14.8. The van der Waals surface area contributed by atoms with Crippen LogP contribution in [-0.2, 0) is 0 Å². The molecule has 23 heavy (non-hydrogen) atoms. The number of nitrogens with zero attached hydrogens (tertiary/aromatic N) is 5. The van der Waals surface area contributed by atoms with Crippen molar-refractivity contribution < 1.29 is 9.52 Å². The van der Waals surface area contributed by atoms with Gasteiger partial charge in [-0.1, -0.05) is 0 Å². The van der Waals surface area contributed by atoms with Crippen LogP contribution < -0.4 is 5.73 Å². The minimum atomic E-state index is -0.649. The molecule has 120 valence electrons. The van der Waals surface area contributed by atoms with Crippen LogP contribution in [0.4, 0.5) is 5.82 Å². The van der Waals surface area contributed by atoms with E-state index in [-0.39, 0.29) is 11.7 Å². The van der Waals surface area contributed by atoms with Crippen LogP contribution in [-0.4, -0.2) is 35.3 Å². The predicted octanol–water partition coefficient (Wildman–Crippen LogP) is 1.69. The fraction of sp³-hybridized carbons (Fsp3) is 0.467. The second-order valence-corrected chi connectivity index (χ2v) is 6.41.